The fourth-order valence-corrected chi connectivity index (χ4v) is 10.8. The lowest BCUT2D eigenvalue weighted by Gasteiger charge is -2.21. The van der Waals surface area contributed by atoms with E-state index in [1.165, 1.54) is 65.5 Å². The van der Waals surface area contributed by atoms with Crippen molar-refractivity contribution in [1.82, 2.24) is 23.7 Å². The van der Waals surface area contributed by atoms with E-state index >= 15 is 0 Å². The smallest absolute Gasteiger partial charge is 0.159 e. The first kappa shape index (κ1) is 38.9. The van der Waals surface area contributed by atoms with Gasteiger partial charge in [0.25, 0.3) is 0 Å². The van der Waals surface area contributed by atoms with Crippen LogP contribution in [0.1, 0.15) is 22.5 Å². The normalized spacial score (nSPS) is 11.9. The van der Waals surface area contributed by atoms with Crippen LogP contribution in [-0.2, 0) is 0 Å². The summed E-state index contributed by atoms with van der Waals surface area (Å²) in [5.41, 5.74) is 20.1. The summed E-state index contributed by atoms with van der Waals surface area (Å²) in [6.45, 7) is 8.48. The van der Waals surface area contributed by atoms with Crippen LogP contribution >= 0.6 is 0 Å². The first-order valence-electron chi connectivity index (χ1n) is 23.1. The third kappa shape index (κ3) is 6.15. The summed E-state index contributed by atoms with van der Waals surface area (Å²) in [4.78, 5) is 10.1. The minimum atomic E-state index is 0.712. The number of rotatable bonds is 6. The summed E-state index contributed by atoms with van der Waals surface area (Å²) in [5.74, 6) is 0.712. The van der Waals surface area contributed by atoms with Crippen molar-refractivity contribution in [3.05, 3.63) is 223 Å². The minimum Gasteiger partial charge on any atom is -0.309 e. The van der Waals surface area contributed by atoms with Crippen LogP contribution in [0.4, 0.5) is 0 Å². The van der Waals surface area contributed by atoms with Gasteiger partial charge in [0, 0.05) is 71.8 Å². The van der Waals surface area contributed by atoms with Crippen LogP contribution in [0.3, 0.4) is 0 Å². The van der Waals surface area contributed by atoms with Crippen LogP contribution < -0.4 is 0 Å². The molecule has 0 N–H and O–H groups in total. The van der Waals surface area contributed by atoms with Crippen LogP contribution in [0.5, 0.6) is 0 Å². The number of aryl methyl sites for hydroxylation is 4. The lowest BCUT2D eigenvalue weighted by molar-refractivity contribution is 1.06. The Balaban J connectivity index is 1.10. The molecule has 0 spiro atoms. The number of aromatic nitrogens is 5. The number of benzene rings is 9. The molecule has 0 aliphatic carbocycles. The van der Waals surface area contributed by atoms with Gasteiger partial charge in [-0.15, -0.1) is 0 Å². The van der Waals surface area contributed by atoms with Crippen molar-refractivity contribution in [2.75, 3.05) is 0 Å². The highest BCUT2D eigenvalue weighted by molar-refractivity contribution is 6.12. The molecule has 0 fully saturated rings. The molecule has 0 atom stereocenters. The zero-order valence-corrected chi connectivity index (χ0v) is 37.8. The average molecular weight is 860 g/mol. The van der Waals surface area contributed by atoms with Gasteiger partial charge in [0.15, 0.2) is 5.82 Å². The molecule has 0 aliphatic heterocycles. The minimum absolute atomic E-state index is 0.712. The molecule has 318 valence electrons. The molecule has 0 aliphatic rings. The van der Waals surface area contributed by atoms with Crippen LogP contribution in [-0.4, -0.2) is 23.7 Å². The number of hydrogen-bond donors (Lipinski definition) is 0. The van der Waals surface area contributed by atoms with Crippen molar-refractivity contribution < 1.29 is 0 Å². The molecule has 0 unspecified atom stereocenters. The van der Waals surface area contributed by atoms with E-state index in [0.717, 1.165) is 67.3 Å². The van der Waals surface area contributed by atoms with Gasteiger partial charge in [-0.25, -0.2) is 9.97 Å². The Kier molecular flexibility index (Phi) is 8.71. The van der Waals surface area contributed by atoms with Gasteiger partial charge in [0.1, 0.15) is 0 Å². The van der Waals surface area contributed by atoms with E-state index in [9.17, 15) is 0 Å². The molecule has 67 heavy (non-hydrogen) atoms. The molecule has 0 saturated heterocycles. The maximum Gasteiger partial charge on any atom is 0.159 e. The topological polar surface area (TPSA) is 40.6 Å². The van der Waals surface area contributed by atoms with Crippen molar-refractivity contribution in [3.63, 3.8) is 0 Å². The fourth-order valence-electron chi connectivity index (χ4n) is 10.8. The Labute approximate surface area is 388 Å². The maximum atomic E-state index is 5.07. The predicted molar refractivity (Wildman–Crippen MR) is 280 cm³/mol. The largest absolute Gasteiger partial charge is 0.309 e. The second-order valence-corrected chi connectivity index (χ2v) is 18.1. The van der Waals surface area contributed by atoms with Crippen molar-refractivity contribution in [2.45, 2.75) is 27.7 Å². The molecule has 13 rings (SSSR count). The van der Waals surface area contributed by atoms with Crippen molar-refractivity contribution >= 4 is 65.4 Å². The fraction of sp³-hybridized carbons (Fsp3) is 0.0645. The van der Waals surface area contributed by atoms with Gasteiger partial charge >= 0.3 is 0 Å². The Morgan fingerprint density at radius 3 is 1.04 bits per heavy atom. The second-order valence-electron chi connectivity index (χ2n) is 18.1. The summed E-state index contributed by atoms with van der Waals surface area (Å²) < 4.78 is 7.27. The summed E-state index contributed by atoms with van der Waals surface area (Å²) in [7, 11) is 0. The van der Waals surface area contributed by atoms with Gasteiger partial charge in [-0.05, 0) is 130 Å². The van der Waals surface area contributed by atoms with Crippen molar-refractivity contribution in [1.29, 1.82) is 0 Å². The second kappa shape index (κ2) is 15.0. The summed E-state index contributed by atoms with van der Waals surface area (Å²) in [6.07, 6.45) is 0. The van der Waals surface area contributed by atoms with Gasteiger partial charge in [0.2, 0.25) is 0 Å². The first-order chi connectivity index (χ1) is 32.9. The zero-order valence-electron chi connectivity index (χ0n) is 37.8. The van der Waals surface area contributed by atoms with Gasteiger partial charge in [-0.2, -0.15) is 0 Å². The summed E-state index contributed by atoms with van der Waals surface area (Å²) in [5, 5.41) is 7.46. The highest BCUT2D eigenvalue weighted by Crippen LogP contribution is 2.45. The van der Waals surface area contributed by atoms with E-state index in [0.29, 0.717) is 5.82 Å². The van der Waals surface area contributed by atoms with E-state index < -0.39 is 0 Å². The molecule has 0 bridgehead atoms. The molecule has 0 radical (unpaired) electrons. The summed E-state index contributed by atoms with van der Waals surface area (Å²) >= 11 is 0. The third-order valence-corrected chi connectivity index (χ3v) is 13.7. The first-order valence-corrected chi connectivity index (χ1v) is 23.1. The van der Waals surface area contributed by atoms with E-state index in [2.05, 4.69) is 236 Å². The van der Waals surface area contributed by atoms with E-state index in [4.69, 9.17) is 9.97 Å². The van der Waals surface area contributed by atoms with Crippen molar-refractivity contribution in [3.8, 4) is 50.7 Å². The Bertz CT molecular complexity index is 3760. The number of para-hydroxylation sites is 4. The highest BCUT2D eigenvalue weighted by Gasteiger charge is 2.24. The molecule has 5 nitrogen and oxygen atoms in total. The lowest BCUT2D eigenvalue weighted by Crippen LogP contribution is -2.03. The van der Waals surface area contributed by atoms with Gasteiger partial charge in [0.05, 0.1) is 38.8 Å². The number of hydrogen-bond acceptors (Lipinski definition) is 2. The zero-order chi connectivity index (χ0) is 44.9. The number of nitrogens with zero attached hydrogens (tertiary/aromatic N) is 5. The Morgan fingerprint density at radius 2 is 0.657 bits per heavy atom. The molecule has 4 aromatic heterocycles. The van der Waals surface area contributed by atoms with E-state index in [1.807, 2.05) is 6.07 Å². The van der Waals surface area contributed by atoms with Gasteiger partial charge < -0.3 is 13.7 Å². The molecule has 5 heteroatoms. The monoisotopic (exact) mass is 859 g/mol. The number of fused-ring (bicyclic) bond motifs is 9. The molecular formula is C62H45N5. The van der Waals surface area contributed by atoms with E-state index in [1.54, 1.807) is 0 Å². The summed E-state index contributed by atoms with van der Waals surface area (Å²) in [6, 6.07) is 73.5. The predicted octanol–water partition coefficient (Wildman–Crippen LogP) is 16.0. The molecule has 13 aromatic rings. The lowest BCUT2D eigenvalue weighted by atomic mass is 9.92. The Hall–Kier alpha value is -8.54. The molecular weight excluding hydrogens is 815 g/mol. The van der Waals surface area contributed by atoms with Crippen LogP contribution in [0.25, 0.3) is 116 Å². The average Bonchev–Trinajstić information content (AvgIpc) is 3.99. The van der Waals surface area contributed by atoms with Crippen LogP contribution in [0.2, 0.25) is 0 Å². The van der Waals surface area contributed by atoms with Crippen molar-refractivity contribution in [2.24, 2.45) is 0 Å². The highest BCUT2D eigenvalue weighted by atomic mass is 15.0. The maximum absolute atomic E-state index is 5.07. The van der Waals surface area contributed by atoms with E-state index in [-0.39, 0.29) is 0 Å². The van der Waals surface area contributed by atoms with Crippen LogP contribution in [0, 0.1) is 27.7 Å². The third-order valence-electron chi connectivity index (χ3n) is 13.7. The molecule has 0 amide bonds. The quantitative estimate of drug-likeness (QED) is 0.167. The van der Waals surface area contributed by atoms with Gasteiger partial charge in [-0.3, -0.25) is 0 Å². The SMILES string of the molecule is Cc1ccc2c(c1)c1cc(C)ccc1n2-c1c(-c2ccc(-n3c4ccccc4c4ccccc43)cc2)cc(-c2nc(C)cc(C)n2)cc1-c1ccc(-n2c3ccccc3c3ccccc32)cc1. The van der Waals surface area contributed by atoms with Gasteiger partial charge in [-0.1, -0.05) is 120 Å². The molecule has 0 saturated carbocycles. The molecule has 4 heterocycles. The Morgan fingerprint density at radius 1 is 0.299 bits per heavy atom. The van der Waals surface area contributed by atoms with Crippen LogP contribution in [0.15, 0.2) is 200 Å². The standard InChI is InChI=1S/C62H45N5/c1-38-21-31-59-53(33-38)54-34-39(2)22-32-60(54)67(59)61-51(42-23-27-45(28-24-42)65-55-17-9-5-13-47(55)48-14-6-10-18-56(48)65)36-44(62-63-40(3)35-41(4)64-62)37-52(61)43-25-29-46(30-26-43)66-57-19-11-7-15-49(57)50-16-8-12-20-58(50)66/h5-37H,1-4H3. The molecule has 9 aromatic carbocycles.